The average molecular weight is 568 g/mol. The van der Waals surface area contributed by atoms with Crippen LogP contribution in [0.5, 0.6) is 0 Å². The van der Waals surface area contributed by atoms with Crippen molar-refractivity contribution < 1.29 is 18.6 Å². The van der Waals surface area contributed by atoms with E-state index in [0.717, 1.165) is 26.1 Å². The predicted molar refractivity (Wildman–Crippen MR) is 125 cm³/mol. The molecule has 160 valence electrons. The topological polar surface area (TPSA) is 131 Å². The zero-order valence-electron chi connectivity index (χ0n) is 15.9. The maximum atomic E-state index is 11.5. The molecular formula is C20H17IN4O4S2. The standard InChI is InChI=1S/C20H17IN4O4S2/c21-18-15(10-12-6-8-14(9-7-12)31(22,28)29)17(13-4-2-1-3-5-13)24-25(18)20-23-16(11-30-20)19(26)27/h1-9,11,19,26-27H,10H2,(H2,22,28,29). The van der Waals surface area contributed by atoms with Gasteiger partial charge in [-0.2, -0.15) is 9.78 Å². The summed E-state index contributed by atoms with van der Waals surface area (Å²) in [5.74, 6) is 0. The van der Waals surface area contributed by atoms with Crippen molar-refractivity contribution >= 4 is 44.0 Å². The maximum absolute atomic E-state index is 11.5. The molecule has 0 radical (unpaired) electrons. The smallest absolute Gasteiger partial charge is 0.238 e. The van der Waals surface area contributed by atoms with Crippen LogP contribution in [-0.2, 0) is 16.4 Å². The zero-order valence-corrected chi connectivity index (χ0v) is 19.7. The van der Waals surface area contributed by atoms with Crippen LogP contribution in [0.2, 0.25) is 0 Å². The lowest BCUT2D eigenvalue weighted by molar-refractivity contribution is -0.0454. The molecule has 8 nitrogen and oxygen atoms in total. The number of hydrogen-bond donors (Lipinski definition) is 3. The van der Waals surface area contributed by atoms with Gasteiger partial charge in [-0.25, -0.2) is 18.5 Å². The number of rotatable bonds is 6. The molecule has 0 atom stereocenters. The number of nitrogens with zero attached hydrogens (tertiary/aromatic N) is 3. The summed E-state index contributed by atoms with van der Waals surface area (Å²) in [6.07, 6.45) is -1.14. The van der Waals surface area contributed by atoms with Gasteiger partial charge in [0.15, 0.2) is 6.29 Å². The van der Waals surface area contributed by atoms with Crippen LogP contribution in [0.15, 0.2) is 64.9 Å². The fraction of sp³-hybridized carbons (Fsp3) is 0.100. The largest absolute Gasteiger partial charge is 0.363 e. The SMILES string of the molecule is NS(=O)(=O)c1ccc(Cc2c(-c3ccccc3)nn(-c3nc(C(O)O)cs3)c2I)cc1. The maximum Gasteiger partial charge on any atom is 0.238 e. The Morgan fingerprint density at radius 2 is 1.77 bits per heavy atom. The van der Waals surface area contributed by atoms with E-state index in [1.54, 1.807) is 22.2 Å². The van der Waals surface area contributed by atoms with E-state index >= 15 is 0 Å². The summed E-state index contributed by atoms with van der Waals surface area (Å²) >= 11 is 3.45. The lowest BCUT2D eigenvalue weighted by atomic mass is 10.0. The molecule has 2 aromatic heterocycles. The summed E-state index contributed by atoms with van der Waals surface area (Å²) in [5, 5.41) is 30.8. The number of primary sulfonamides is 1. The fourth-order valence-corrected chi connectivity index (χ4v) is 5.29. The third kappa shape index (κ3) is 4.71. The van der Waals surface area contributed by atoms with E-state index in [9.17, 15) is 18.6 Å². The van der Waals surface area contributed by atoms with Crippen molar-refractivity contribution in [3.05, 3.63) is 80.5 Å². The highest BCUT2D eigenvalue weighted by Crippen LogP contribution is 2.32. The van der Waals surface area contributed by atoms with E-state index in [1.807, 2.05) is 30.3 Å². The third-order valence-electron chi connectivity index (χ3n) is 4.56. The first kappa shape index (κ1) is 22.0. The average Bonchev–Trinajstić information content (AvgIpc) is 3.34. The van der Waals surface area contributed by atoms with Gasteiger partial charge in [0.05, 0.1) is 10.6 Å². The molecule has 0 saturated carbocycles. The van der Waals surface area contributed by atoms with E-state index in [4.69, 9.17) is 10.2 Å². The molecule has 2 heterocycles. The van der Waals surface area contributed by atoms with Gasteiger partial charge >= 0.3 is 0 Å². The Kier molecular flexibility index (Phi) is 6.23. The van der Waals surface area contributed by atoms with E-state index in [-0.39, 0.29) is 10.6 Å². The van der Waals surface area contributed by atoms with Crippen LogP contribution in [0.1, 0.15) is 23.1 Å². The van der Waals surface area contributed by atoms with Crippen LogP contribution in [0, 0.1) is 3.70 Å². The van der Waals surface area contributed by atoms with Gasteiger partial charge in [-0.05, 0) is 40.3 Å². The fourth-order valence-electron chi connectivity index (χ4n) is 3.03. The molecule has 0 bridgehead atoms. The Morgan fingerprint density at radius 1 is 1.10 bits per heavy atom. The molecule has 4 aromatic rings. The van der Waals surface area contributed by atoms with Gasteiger partial charge in [0.2, 0.25) is 15.2 Å². The van der Waals surface area contributed by atoms with Gasteiger partial charge in [0.1, 0.15) is 9.39 Å². The minimum atomic E-state index is -3.75. The predicted octanol–water partition coefficient (Wildman–Crippen LogP) is 2.82. The van der Waals surface area contributed by atoms with E-state index in [0.29, 0.717) is 11.6 Å². The van der Waals surface area contributed by atoms with Crippen LogP contribution in [-0.4, -0.2) is 33.4 Å². The Balaban J connectivity index is 1.79. The summed E-state index contributed by atoms with van der Waals surface area (Å²) in [5.41, 5.74) is 3.69. The molecule has 0 saturated heterocycles. The molecule has 0 amide bonds. The van der Waals surface area contributed by atoms with Crippen molar-refractivity contribution in [2.75, 3.05) is 0 Å². The highest BCUT2D eigenvalue weighted by Gasteiger charge is 2.21. The molecule has 4 rings (SSSR count). The number of thiazole rings is 1. The summed E-state index contributed by atoms with van der Waals surface area (Å²) in [6.45, 7) is 0. The second-order valence-corrected chi connectivity index (χ2v) is 10.1. The first-order valence-corrected chi connectivity index (χ1v) is 12.5. The second kappa shape index (κ2) is 8.76. The first-order chi connectivity index (χ1) is 14.7. The highest BCUT2D eigenvalue weighted by atomic mass is 127. The van der Waals surface area contributed by atoms with Gasteiger partial charge in [0, 0.05) is 22.9 Å². The number of aliphatic hydroxyl groups is 2. The molecule has 0 aliphatic rings. The second-order valence-electron chi connectivity index (χ2n) is 6.69. The van der Waals surface area contributed by atoms with Gasteiger partial charge in [-0.3, -0.25) is 0 Å². The van der Waals surface area contributed by atoms with E-state index < -0.39 is 16.3 Å². The number of hydrogen-bond acceptors (Lipinski definition) is 7. The summed E-state index contributed by atoms with van der Waals surface area (Å²) in [4.78, 5) is 4.33. The third-order valence-corrected chi connectivity index (χ3v) is 7.43. The van der Waals surface area contributed by atoms with Crippen LogP contribution in [0.3, 0.4) is 0 Å². The Hall–Kier alpha value is -2.16. The molecule has 0 fully saturated rings. The van der Waals surface area contributed by atoms with Crippen molar-refractivity contribution in [2.24, 2.45) is 5.14 Å². The molecule has 0 spiro atoms. The molecule has 0 unspecified atom stereocenters. The van der Waals surface area contributed by atoms with Crippen molar-refractivity contribution in [2.45, 2.75) is 17.6 Å². The number of aromatic nitrogens is 3. The molecule has 0 aliphatic carbocycles. The quantitative estimate of drug-likeness (QED) is 0.242. The van der Waals surface area contributed by atoms with Crippen LogP contribution in [0.25, 0.3) is 16.4 Å². The van der Waals surface area contributed by atoms with Crippen LogP contribution >= 0.6 is 33.9 Å². The normalized spacial score (nSPS) is 11.9. The van der Waals surface area contributed by atoms with Crippen molar-refractivity contribution in [3.63, 3.8) is 0 Å². The van der Waals surface area contributed by atoms with Gasteiger partial charge < -0.3 is 10.2 Å². The molecule has 31 heavy (non-hydrogen) atoms. The number of benzene rings is 2. The van der Waals surface area contributed by atoms with E-state index in [1.165, 1.54) is 23.5 Å². The monoisotopic (exact) mass is 568 g/mol. The van der Waals surface area contributed by atoms with Crippen molar-refractivity contribution in [3.8, 4) is 16.4 Å². The lowest BCUT2D eigenvalue weighted by Crippen LogP contribution is -2.11. The molecular weight excluding hydrogens is 551 g/mol. The van der Waals surface area contributed by atoms with Crippen molar-refractivity contribution in [1.82, 2.24) is 14.8 Å². The summed E-state index contributed by atoms with van der Waals surface area (Å²) < 4.78 is 25.5. The van der Waals surface area contributed by atoms with E-state index in [2.05, 4.69) is 27.6 Å². The number of halogens is 1. The Morgan fingerprint density at radius 3 is 2.35 bits per heavy atom. The Labute approximate surface area is 196 Å². The lowest BCUT2D eigenvalue weighted by Gasteiger charge is -2.05. The summed E-state index contributed by atoms with van der Waals surface area (Å²) in [7, 11) is -3.75. The molecule has 11 heteroatoms. The first-order valence-electron chi connectivity index (χ1n) is 9.00. The molecule has 4 N–H and O–H groups in total. The van der Waals surface area contributed by atoms with Gasteiger partial charge in [0.25, 0.3) is 0 Å². The Bertz CT molecular complexity index is 1320. The minimum absolute atomic E-state index is 0.0581. The summed E-state index contributed by atoms with van der Waals surface area (Å²) in [6, 6.07) is 16.1. The number of aliphatic hydroxyl groups excluding tert-OH is 1. The minimum Gasteiger partial charge on any atom is -0.363 e. The zero-order chi connectivity index (χ0) is 22.2. The van der Waals surface area contributed by atoms with Crippen molar-refractivity contribution in [1.29, 1.82) is 0 Å². The highest BCUT2D eigenvalue weighted by molar-refractivity contribution is 14.1. The van der Waals surface area contributed by atoms with Crippen LogP contribution < -0.4 is 5.14 Å². The number of nitrogens with two attached hydrogens (primary N) is 1. The number of sulfonamides is 1. The van der Waals surface area contributed by atoms with Gasteiger partial charge in [-0.1, -0.05) is 42.5 Å². The molecule has 0 aliphatic heterocycles. The van der Waals surface area contributed by atoms with Gasteiger partial charge in [-0.15, -0.1) is 11.3 Å². The molecule has 2 aromatic carbocycles. The van der Waals surface area contributed by atoms with Crippen LogP contribution in [0.4, 0.5) is 0 Å².